The number of piperidine rings is 1. The summed E-state index contributed by atoms with van der Waals surface area (Å²) in [6, 6.07) is 19.0. The molecule has 1 saturated heterocycles. The SMILES string of the molecule is C=C/C(Br)=C1/NC(C2CCN(C(=C)c3ccc4ccccc4c3)CC2)=CC(=NCc2cccnc2)N1N. The van der Waals surface area contributed by atoms with Crippen LogP contribution in [-0.2, 0) is 6.54 Å². The number of aromatic nitrogens is 1. The molecule has 0 bridgehead atoms. The van der Waals surface area contributed by atoms with Crippen LogP contribution in [0.1, 0.15) is 24.0 Å². The lowest BCUT2D eigenvalue weighted by Crippen LogP contribution is -2.47. The van der Waals surface area contributed by atoms with Gasteiger partial charge in [0.1, 0.15) is 11.7 Å². The van der Waals surface area contributed by atoms with E-state index in [1.54, 1.807) is 17.3 Å². The lowest BCUT2D eigenvalue weighted by atomic mass is 9.91. The van der Waals surface area contributed by atoms with E-state index in [0.29, 0.717) is 18.3 Å². The zero-order chi connectivity index (χ0) is 25.8. The van der Waals surface area contributed by atoms with Crippen molar-refractivity contribution in [2.45, 2.75) is 19.4 Å². The molecule has 3 aromatic rings. The molecule has 7 heteroatoms. The smallest absolute Gasteiger partial charge is 0.145 e. The van der Waals surface area contributed by atoms with Gasteiger partial charge < -0.3 is 10.2 Å². The van der Waals surface area contributed by atoms with Gasteiger partial charge in [-0.05, 0) is 62.8 Å². The first-order chi connectivity index (χ1) is 18.0. The predicted octanol–water partition coefficient (Wildman–Crippen LogP) is 5.93. The molecule has 2 aromatic carbocycles. The van der Waals surface area contributed by atoms with Gasteiger partial charge in [-0.3, -0.25) is 9.98 Å². The molecule has 188 valence electrons. The summed E-state index contributed by atoms with van der Waals surface area (Å²) < 4.78 is 0.789. The molecule has 3 N–H and O–H groups in total. The average Bonchev–Trinajstić information content (AvgIpc) is 2.96. The highest BCUT2D eigenvalue weighted by atomic mass is 79.9. The molecular formula is C30H31BrN6. The minimum absolute atomic E-state index is 0.359. The summed E-state index contributed by atoms with van der Waals surface area (Å²) in [5.74, 6) is 8.24. The van der Waals surface area contributed by atoms with Crippen molar-refractivity contribution >= 4 is 38.2 Å². The highest BCUT2D eigenvalue weighted by Gasteiger charge is 2.29. The first-order valence-electron chi connectivity index (χ1n) is 12.5. The van der Waals surface area contributed by atoms with Crippen molar-refractivity contribution in [1.82, 2.24) is 20.2 Å². The molecular weight excluding hydrogens is 524 g/mol. The fraction of sp³-hybridized carbons (Fsp3) is 0.200. The second-order valence-electron chi connectivity index (χ2n) is 9.30. The number of aliphatic imine (C=N–C) groups is 1. The van der Waals surface area contributed by atoms with Crippen molar-refractivity contribution in [1.29, 1.82) is 0 Å². The largest absolute Gasteiger partial charge is 0.371 e. The van der Waals surface area contributed by atoms with Crippen molar-refractivity contribution in [3.05, 3.63) is 119 Å². The molecule has 2 aliphatic rings. The number of hydrogen-bond donors (Lipinski definition) is 2. The van der Waals surface area contributed by atoms with Crippen molar-refractivity contribution in [3.8, 4) is 0 Å². The van der Waals surface area contributed by atoms with E-state index < -0.39 is 0 Å². The Morgan fingerprint density at radius 1 is 1.14 bits per heavy atom. The fourth-order valence-electron chi connectivity index (χ4n) is 4.85. The molecule has 0 spiro atoms. The number of likely N-dealkylation sites (tertiary alicyclic amines) is 1. The maximum absolute atomic E-state index is 6.45. The summed E-state index contributed by atoms with van der Waals surface area (Å²) in [5, 5.41) is 7.60. The van der Waals surface area contributed by atoms with Gasteiger partial charge in [0.05, 0.1) is 11.0 Å². The van der Waals surface area contributed by atoms with E-state index in [1.165, 1.54) is 16.3 Å². The number of amidine groups is 1. The van der Waals surface area contributed by atoms with Gasteiger partial charge in [0.2, 0.25) is 0 Å². The Balaban J connectivity index is 1.32. The lowest BCUT2D eigenvalue weighted by Gasteiger charge is -2.38. The molecule has 1 fully saturated rings. The van der Waals surface area contributed by atoms with Gasteiger partial charge in [0.25, 0.3) is 0 Å². The quantitative estimate of drug-likeness (QED) is 0.369. The van der Waals surface area contributed by atoms with Crippen molar-refractivity contribution in [2.75, 3.05) is 13.1 Å². The van der Waals surface area contributed by atoms with Crippen LogP contribution < -0.4 is 11.2 Å². The van der Waals surface area contributed by atoms with E-state index in [1.807, 2.05) is 18.3 Å². The van der Waals surface area contributed by atoms with Crippen LogP contribution in [0.2, 0.25) is 0 Å². The maximum atomic E-state index is 6.45. The molecule has 6 nitrogen and oxygen atoms in total. The number of halogens is 1. The summed E-state index contributed by atoms with van der Waals surface area (Å²) >= 11 is 3.59. The second kappa shape index (κ2) is 11.2. The Bertz CT molecular complexity index is 1400. The predicted molar refractivity (Wildman–Crippen MR) is 156 cm³/mol. The van der Waals surface area contributed by atoms with Crippen LogP contribution >= 0.6 is 15.9 Å². The van der Waals surface area contributed by atoms with E-state index in [4.69, 9.17) is 10.8 Å². The molecule has 5 rings (SSSR count). The van der Waals surface area contributed by atoms with Gasteiger partial charge in [-0.15, -0.1) is 0 Å². The number of pyridine rings is 1. The van der Waals surface area contributed by atoms with Gasteiger partial charge >= 0.3 is 0 Å². The third-order valence-corrected chi connectivity index (χ3v) is 7.69. The summed E-state index contributed by atoms with van der Waals surface area (Å²) in [4.78, 5) is 11.4. The molecule has 2 aliphatic heterocycles. The number of nitrogens with one attached hydrogen (secondary N) is 1. The van der Waals surface area contributed by atoms with Crippen LogP contribution in [0, 0.1) is 5.92 Å². The Morgan fingerprint density at radius 2 is 1.92 bits per heavy atom. The van der Waals surface area contributed by atoms with Crippen LogP contribution in [0.15, 0.2) is 113 Å². The first-order valence-corrected chi connectivity index (χ1v) is 13.2. The Morgan fingerprint density at radius 3 is 2.65 bits per heavy atom. The number of benzene rings is 2. The normalized spacial score (nSPS) is 19.0. The minimum Gasteiger partial charge on any atom is -0.371 e. The van der Waals surface area contributed by atoms with Crippen molar-refractivity contribution < 1.29 is 0 Å². The number of rotatable bonds is 6. The zero-order valence-corrected chi connectivity index (χ0v) is 22.4. The van der Waals surface area contributed by atoms with Gasteiger partial charge in [-0.25, -0.2) is 10.9 Å². The summed E-state index contributed by atoms with van der Waals surface area (Å²) in [7, 11) is 0. The van der Waals surface area contributed by atoms with E-state index >= 15 is 0 Å². The molecule has 0 atom stereocenters. The third kappa shape index (κ3) is 5.53. The third-order valence-electron chi connectivity index (χ3n) is 6.99. The number of fused-ring (bicyclic) bond motifs is 1. The molecule has 0 unspecified atom stereocenters. The molecule has 0 radical (unpaired) electrons. The Labute approximate surface area is 226 Å². The van der Waals surface area contributed by atoms with E-state index in [2.05, 4.69) is 92.8 Å². The van der Waals surface area contributed by atoms with E-state index in [0.717, 1.165) is 53.2 Å². The maximum Gasteiger partial charge on any atom is 0.145 e. The fourth-order valence-corrected chi connectivity index (χ4v) is 5.14. The monoisotopic (exact) mass is 554 g/mol. The number of nitrogens with two attached hydrogens (primary N) is 1. The van der Waals surface area contributed by atoms with Crippen molar-refractivity contribution in [2.24, 2.45) is 16.8 Å². The average molecular weight is 556 g/mol. The summed E-state index contributed by atoms with van der Waals surface area (Å²) in [6.07, 6.45) is 9.40. The molecule has 0 amide bonds. The summed E-state index contributed by atoms with van der Waals surface area (Å²) in [6.45, 7) is 10.7. The highest BCUT2D eigenvalue weighted by Crippen LogP contribution is 2.32. The van der Waals surface area contributed by atoms with Gasteiger partial charge in [-0.2, -0.15) is 0 Å². The van der Waals surface area contributed by atoms with Crippen LogP contribution in [0.5, 0.6) is 0 Å². The van der Waals surface area contributed by atoms with Crippen LogP contribution in [0.3, 0.4) is 0 Å². The number of hydrazine groups is 1. The molecule has 0 aliphatic carbocycles. The molecule has 3 heterocycles. The topological polar surface area (TPSA) is 69.8 Å². The standard InChI is InChI=1S/C30H31BrN6/c1-3-27(31)30-35-28(18-29(37(30)32)34-20-22-7-6-14-33-19-22)24-12-15-36(16-13-24)21(2)25-11-10-23-8-4-5-9-26(23)17-25/h3-11,14,17-19,24,35H,1-2,12-13,15-16,20,32H2/b30-27+,34-29?. The van der Waals surface area contributed by atoms with Gasteiger partial charge in [-0.1, -0.05) is 61.7 Å². The van der Waals surface area contributed by atoms with E-state index in [9.17, 15) is 0 Å². The number of allylic oxidation sites excluding steroid dienone is 3. The lowest BCUT2D eigenvalue weighted by molar-refractivity contribution is 0.270. The van der Waals surface area contributed by atoms with Crippen molar-refractivity contribution in [3.63, 3.8) is 0 Å². The van der Waals surface area contributed by atoms with Gasteiger partial charge in [0.15, 0.2) is 0 Å². The summed E-state index contributed by atoms with van der Waals surface area (Å²) in [5.41, 5.74) is 4.41. The Kier molecular flexibility index (Phi) is 7.53. The second-order valence-corrected chi connectivity index (χ2v) is 10.2. The molecule has 0 saturated carbocycles. The Hall–Kier alpha value is -3.68. The van der Waals surface area contributed by atoms with Crippen LogP contribution in [0.25, 0.3) is 16.5 Å². The van der Waals surface area contributed by atoms with E-state index in [-0.39, 0.29) is 0 Å². The minimum atomic E-state index is 0.359. The van der Waals surface area contributed by atoms with Crippen LogP contribution in [0.4, 0.5) is 0 Å². The number of nitrogens with zero attached hydrogens (tertiary/aromatic N) is 4. The first kappa shape index (κ1) is 25.0. The molecule has 1 aromatic heterocycles. The van der Waals surface area contributed by atoms with Gasteiger partial charge in [0, 0.05) is 48.9 Å². The zero-order valence-electron chi connectivity index (χ0n) is 20.8. The van der Waals surface area contributed by atoms with Crippen LogP contribution in [-0.4, -0.2) is 33.8 Å². The molecule has 37 heavy (non-hydrogen) atoms. The number of hydrogen-bond acceptors (Lipinski definition) is 5. The highest BCUT2D eigenvalue weighted by molar-refractivity contribution is 9.11.